The molecule has 1 fully saturated rings. The standard InChI is InChI=1S/C16H16N4O5S/c17-15(21)13-5-6-14(24-13)26(22,23)20-9-7-19(8-10-20)16-18-11-3-1-2-4-12(11)25-16/h1-6H,7-10H2,(H2,17,21). The van der Waals surface area contributed by atoms with E-state index in [1.807, 2.05) is 29.2 Å². The van der Waals surface area contributed by atoms with Crippen LogP contribution in [0.25, 0.3) is 11.1 Å². The molecule has 1 aromatic carbocycles. The predicted molar refractivity (Wildman–Crippen MR) is 92.2 cm³/mol. The maximum atomic E-state index is 12.6. The Labute approximate surface area is 149 Å². The van der Waals surface area contributed by atoms with Crippen molar-refractivity contribution in [2.45, 2.75) is 5.09 Å². The molecule has 3 aromatic rings. The highest BCUT2D eigenvalue weighted by atomic mass is 32.2. The van der Waals surface area contributed by atoms with E-state index in [0.717, 1.165) is 5.52 Å². The van der Waals surface area contributed by atoms with E-state index in [2.05, 4.69) is 4.98 Å². The van der Waals surface area contributed by atoms with Gasteiger partial charge >= 0.3 is 0 Å². The van der Waals surface area contributed by atoms with Crippen LogP contribution in [-0.4, -0.2) is 49.8 Å². The van der Waals surface area contributed by atoms with E-state index in [0.29, 0.717) is 24.7 Å². The van der Waals surface area contributed by atoms with Crippen LogP contribution in [0.2, 0.25) is 0 Å². The quantitative estimate of drug-likeness (QED) is 0.721. The molecule has 26 heavy (non-hydrogen) atoms. The number of primary amides is 1. The van der Waals surface area contributed by atoms with E-state index in [1.165, 1.54) is 16.4 Å². The van der Waals surface area contributed by atoms with Crippen LogP contribution in [0.3, 0.4) is 0 Å². The summed E-state index contributed by atoms with van der Waals surface area (Å²) in [6.07, 6.45) is 0. The number of fused-ring (bicyclic) bond motifs is 1. The first-order chi connectivity index (χ1) is 12.4. The first kappa shape index (κ1) is 16.6. The van der Waals surface area contributed by atoms with Gasteiger partial charge in [-0.05, 0) is 24.3 Å². The van der Waals surface area contributed by atoms with Crippen LogP contribution >= 0.6 is 0 Å². The molecule has 0 unspecified atom stereocenters. The van der Waals surface area contributed by atoms with Crippen LogP contribution in [0.5, 0.6) is 0 Å². The number of hydrogen-bond donors (Lipinski definition) is 1. The molecular formula is C16H16N4O5S. The van der Waals surface area contributed by atoms with Gasteiger partial charge in [0.25, 0.3) is 21.9 Å². The van der Waals surface area contributed by atoms with E-state index in [4.69, 9.17) is 14.6 Å². The number of amides is 1. The predicted octanol–water partition coefficient (Wildman–Crippen LogP) is 1.03. The summed E-state index contributed by atoms with van der Waals surface area (Å²) >= 11 is 0. The third-order valence-corrected chi connectivity index (χ3v) is 5.98. The molecule has 3 heterocycles. The zero-order valence-corrected chi connectivity index (χ0v) is 14.5. The van der Waals surface area contributed by atoms with Gasteiger partial charge < -0.3 is 19.5 Å². The van der Waals surface area contributed by atoms with E-state index < -0.39 is 15.9 Å². The molecule has 1 aliphatic heterocycles. The SMILES string of the molecule is NC(=O)c1ccc(S(=O)(=O)N2CCN(c3nc4ccccc4o3)CC2)o1. The molecule has 1 aliphatic rings. The van der Waals surface area contributed by atoms with Gasteiger partial charge in [-0.15, -0.1) is 0 Å². The first-order valence-corrected chi connectivity index (χ1v) is 9.39. The van der Waals surface area contributed by atoms with Gasteiger partial charge in [-0.3, -0.25) is 4.79 Å². The topological polar surface area (TPSA) is 123 Å². The smallest absolute Gasteiger partial charge is 0.298 e. The molecule has 1 saturated heterocycles. The average molecular weight is 376 g/mol. The first-order valence-electron chi connectivity index (χ1n) is 7.95. The number of hydrogen-bond acceptors (Lipinski definition) is 7. The number of oxazole rings is 1. The highest BCUT2D eigenvalue weighted by Crippen LogP contribution is 2.25. The molecule has 0 saturated carbocycles. The molecule has 10 heteroatoms. The summed E-state index contributed by atoms with van der Waals surface area (Å²) in [5, 5.41) is -0.290. The zero-order valence-electron chi connectivity index (χ0n) is 13.7. The number of carbonyl (C=O) groups excluding carboxylic acids is 1. The van der Waals surface area contributed by atoms with Gasteiger partial charge in [-0.2, -0.15) is 9.29 Å². The van der Waals surface area contributed by atoms with E-state index >= 15 is 0 Å². The number of sulfonamides is 1. The lowest BCUT2D eigenvalue weighted by atomic mass is 10.3. The number of anilines is 1. The van der Waals surface area contributed by atoms with Gasteiger partial charge in [-0.25, -0.2) is 8.42 Å². The number of rotatable bonds is 4. The second kappa shape index (κ2) is 6.15. The summed E-state index contributed by atoms with van der Waals surface area (Å²) in [5.41, 5.74) is 6.54. The summed E-state index contributed by atoms with van der Waals surface area (Å²) in [6.45, 7) is 1.34. The Hall–Kier alpha value is -2.85. The summed E-state index contributed by atoms with van der Waals surface area (Å²) in [7, 11) is -3.82. The van der Waals surface area contributed by atoms with E-state index in [9.17, 15) is 13.2 Å². The number of nitrogens with zero attached hydrogens (tertiary/aromatic N) is 3. The highest BCUT2D eigenvalue weighted by Gasteiger charge is 2.32. The number of furan rings is 1. The Morgan fingerprint density at radius 3 is 2.42 bits per heavy atom. The fourth-order valence-corrected chi connectivity index (χ4v) is 4.17. The van der Waals surface area contributed by atoms with Crippen LogP contribution in [0.15, 0.2) is 50.3 Å². The molecule has 9 nitrogen and oxygen atoms in total. The Balaban J connectivity index is 1.49. The largest absolute Gasteiger partial charge is 0.438 e. The Bertz CT molecular complexity index is 1030. The number of carbonyl (C=O) groups is 1. The van der Waals surface area contributed by atoms with Crippen molar-refractivity contribution in [3.63, 3.8) is 0 Å². The number of aromatic nitrogens is 1. The summed E-state index contributed by atoms with van der Waals surface area (Å²) in [6, 6.07) is 10.4. The van der Waals surface area contributed by atoms with Crippen LogP contribution < -0.4 is 10.6 Å². The molecular weight excluding hydrogens is 360 g/mol. The van der Waals surface area contributed by atoms with Crippen LogP contribution in [0.1, 0.15) is 10.6 Å². The number of benzene rings is 1. The minimum absolute atomic E-state index is 0.186. The van der Waals surface area contributed by atoms with Crippen LogP contribution in [0.4, 0.5) is 6.01 Å². The van der Waals surface area contributed by atoms with Gasteiger partial charge in [-0.1, -0.05) is 12.1 Å². The van der Waals surface area contributed by atoms with Crippen molar-refractivity contribution in [2.24, 2.45) is 5.73 Å². The third-order valence-electron chi connectivity index (χ3n) is 4.21. The molecule has 0 bridgehead atoms. The fraction of sp³-hybridized carbons (Fsp3) is 0.250. The van der Waals surface area contributed by atoms with E-state index in [-0.39, 0.29) is 23.9 Å². The van der Waals surface area contributed by atoms with Crippen molar-refractivity contribution < 1.29 is 22.0 Å². The van der Waals surface area contributed by atoms with Gasteiger partial charge in [0.05, 0.1) is 0 Å². The Morgan fingerprint density at radius 1 is 1.04 bits per heavy atom. The summed E-state index contributed by atoms with van der Waals surface area (Å²) in [5.74, 6) is -0.999. The minimum atomic E-state index is -3.82. The lowest BCUT2D eigenvalue weighted by Crippen LogP contribution is -2.48. The molecule has 0 aliphatic carbocycles. The molecule has 1 amide bonds. The van der Waals surface area contributed by atoms with Crippen molar-refractivity contribution in [3.8, 4) is 0 Å². The van der Waals surface area contributed by atoms with Gasteiger partial charge in [0.15, 0.2) is 11.3 Å². The van der Waals surface area contributed by atoms with Crippen LogP contribution in [-0.2, 0) is 10.0 Å². The zero-order chi connectivity index (χ0) is 18.3. The maximum Gasteiger partial charge on any atom is 0.298 e. The minimum Gasteiger partial charge on any atom is -0.438 e. The normalized spacial score (nSPS) is 16.2. The summed E-state index contributed by atoms with van der Waals surface area (Å²) < 4.78 is 37.3. The van der Waals surface area contributed by atoms with E-state index in [1.54, 1.807) is 0 Å². The van der Waals surface area contributed by atoms with Gasteiger partial charge in [0, 0.05) is 26.2 Å². The average Bonchev–Trinajstić information content (AvgIpc) is 3.29. The molecule has 0 spiro atoms. The third kappa shape index (κ3) is 2.82. The molecule has 136 valence electrons. The molecule has 2 N–H and O–H groups in total. The van der Waals surface area contributed by atoms with Crippen molar-refractivity contribution in [2.75, 3.05) is 31.1 Å². The number of para-hydroxylation sites is 2. The Morgan fingerprint density at radius 2 is 1.77 bits per heavy atom. The second-order valence-electron chi connectivity index (χ2n) is 5.84. The summed E-state index contributed by atoms with van der Waals surface area (Å²) in [4.78, 5) is 17.4. The van der Waals surface area contributed by atoms with Gasteiger partial charge in [0.1, 0.15) is 5.52 Å². The lowest BCUT2D eigenvalue weighted by Gasteiger charge is -2.32. The number of nitrogens with two attached hydrogens (primary N) is 1. The van der Waals surface area contributed by atoms with Crippen molar-refractivity contribution in [1.82, 2.24) is 9.29 Å². The second-order valence-corrected chi connectivity index (χ2v) is 7.71. The number of piperazine rings is 1. The molecule has 4 rings (SSSR count). The van der Waals surface area contributed by atoms with Crippen molar-refractivity contribution >= 4 is 33.0 Å². The van der Waals surface area contributed by atoms with Gasteiger partial charge in [0.2, 0.25) is 5.09 Å². The van der Waals surface area contributed by atoms with Crippen LogP contribution in [0, 0.1) is 0 Å². The molecule has 0 atom stereocenters. The molecule has 2 aromatic heterocycles. The molecule has 0 radical (unpaired) electrons. The monoisotopic (exact) mass is 376 g/mol. The van der Waals surface area contributed by atoms with Crippen molar-refractivity contribution in [1.29, 1.82) is 0 Å². The maximum absolute atomic E-state index is 12.6. The van der Waals surface area contributed by atoms with Crippen molar-refractivity contribution in [3.05, 3.63) is 42.2 Å². The fourth-order valence-electron chi connectivity index (χ4n) is 2.83. The Kier molecular flexibility index (Phi) is 3.93. The lowest BCUT2D eigenvalue weighted by molar-refractivity contribution is 0.0968. The highest BCUT2D eigenvalue weighted by molar-refractivity contribution is 7.89.